The predicted molar refractivity (Wildman–Crippen MR) is 69.1 cm³/mol. The van der Waals surface area contributed by atoms with E-state index in [1.54, 1.807) is 6.07 Å². The van der Waals surface area contributed by atoms with E-state index in [0.717, 1.165) is 5.82 Å². The summed E-state index contributed by atoms with van der Waals surface area (Å²) in [6.07, 6.45) is 0. The van der Waals surface area contributed by atoms with Crippen LogP contribution in [0.15, 0.2) is 16.2 Å². The van der Waals surface area contributed by atoms with Crippen LogP contribution >= 0.6 is 46.6 Å². The average molecular weight is 310 g/mol. The van der Waals surface area contributed by atoms with E-state index in [0.29, 0.717) is 20.2 Å². The zero-order chi connectivity index (χ0) is 12.6. The van der Waals surface area contributed by atoms with Gasteiger partial charge < -0.3 is 4.57 Å². The molecule has 0 aliphatic carbocycles. The number of aromatic nitrogens is 4. The van der Waals surface area contributed by atoms with Crippen molar-refractivity contribution in [1.82, 2.24) is 19.7 Å². The molecule has 0 aliphatic heterocycles. The topological polar surface area (TPSA) is 43.6 Å². The SMILES string of the molecule is Cc1nnc(Sc2nc(Cl)c(Cl)cc2Cl)n1C. The zero-order valence-corrected chi connectivity index (χ0v) is 12.0. The molecule has 0 bridgehead atoms. The van der Waals surface area contributed by atoms with Gasteiger partial charge in [0.25, 0.3) is 0 Å². The monoisotopic (exact) mass is 308 g/mol. The lowest BCUT2D eigenvalue weighted by molar-refractivity contribution is 0.764. The van der Waals surface area contributed by atoms with Gasteiger partial charge in [-0.25, -0.2) is 4.98 Å². The van der Waals surface area contributed by atoms with Gasteiger partial charge in [0.05, 0.1) is 10.0 Å². The van der Waals surface area contributed by atoms with Gasteiger partial charge in [-0.1, -0.05) is 34.8 Å². The smallest absolute Gasteiger partial charge is 0.197 e. The number of rotatable bonds is 2. The Labute approximate surface area is 117 Å². The zero-order valence-electron chi connectivity index (χ0n) is 8.91. The van der Waals surface area contributed by atoms with Gasteiger partial charge in [0.1, 0.15) is 16.0 Å². The summed E-state index contributed by atoms with van der Waals surface area (Å²) >= 11 is 19.0. The molecule has 0 unspecified atom stereocenters. The van der Waals surface area contributed by atoms with Gasteiger partial charge in [-0.2, -0.15) is 0 Å². The standard InChI is InChI=1S/C9H7Cl3N4S/c1-4-14-15-9(16(4)2)17-8-6(11)3-5(10)7(12)13-8/h3H,1-2H3. The normalized spacial score (nSPS) is 10.9. The first-order valence-corrected chi connectivity index (χ1v) is 6.49. The summed E-state index contributed by atoms with van der Waals surface area (Å²) in [5.74, 6) is 0.809. The molecule has 0 aliphatic rings. The molecule has 2 rings (SSSR count). The Morgan fingerprint density at radius 1 is 1.18 bits per heavy atom. The first kappa shape index (κ1) is 13.0. The molecule has 0 saturated heterocycles. The van der Waals surface area contributed by atoms with Crippen molar-refractivity contribution in [1.29, 1.82) is 0 Å². The van der Waals surface area contributed by atoms with Crippen LogP contribution in [0.25, 0.3) is 0 Å². The molecule has 0 amide bonds. The third kappa shape index (κ3) is 2.68. The maximum absolute atomic E-state index is 6.03. The maximum Gasteiger partial charge on any atom is 0.197 e. The summed E-state index contributed by atoms with van der Waals surface area (Å²) in [6.45, 7) is 1.86. The van der Waals surface area contributed by atoms with Crippen LogP contribution in [-0.4, -0.2) is 19.7 Å². The van der Waals surface area contributed by atoms with Gasteiger partial charge in [-0.05, 0) is 24.8 Å². The van der Waals surface area contributed by atoms with Crippen molar-refractivity contribution in [2.24, 2.45) is 7.05 Å². The molecule has 0 aromatic carbocycles. The first-order chi connectivity index (χ1) is 7.99. The minimum Gasteiger partial charge on any atom is -0.309 e. The molecule has 4 nitrogen and oxygen atoms in total. The van der Waals surface area contributed by atoms with Crippen LogP contribution in [0.3, 0.4) is 0 Å². The fourth-order valence-electron chi connectivity index (χ4n) is 1.06. The number of halogens is 3. The summed E-state index contributed by atoms with van der Waals surface area (Å²) < 4.78 is 1.84. The number of aryl methyl sites for hydroxylation is 1. The molecule has 0 N–H and O–H groups in total. The number of hydrogen-bond acceptors (Lipinski definition) is 4. The molecule has 2 heterocycles. The molecule has 8 heteroatoms. The largest absolute Gasteiger partial charge is 0.309 e. The van der Waals surface area contributed by atoms with Crippen molar-refractivity contribution in [3.63, 3.8) is 0 Å². The molecule has 0 spiro atoms. The van der Waals surface area contributed by atoms with E-state index in [1.165, 1.54) is 11.8 Å². The highest BCUT2D eigenvalue weighted by molar-refractivity contribution is 7.99. The number of nitrogens with zero attached hydrogens (tertiary/aromatic N) is 4. The molecular formula is C9H7Cl3N4S. The van der Waals surface area contributed by atoms with E-state index in [4.69, 9.17) is 34.8 Å². The molecule has 0 radical (unpaired) electrons. The minimum atomic E-state index is 0.220. The van der Waals surface area contributed by atoms with Crippen molar-refractivity contribution in [3.8, 4) is 0 Å². The summed E-state index contributed by atoms with van der Waals surface area (Å²) in [5, 5.41) is 10.2. The third-order valence-electron chi connectivity index (χ3n) is 2.10. The highest BCUT2D eigenvalue weighted by Gasteiger charge is 2.13. The van der Waals surface area contributed by atoms with Crippen LogP contribution in [-0.2, 0) is 7.05 Å². The van der Waals surface area contributed by atoms with Gasteiger partial charge in [-0.3, -0.25) is 0 Å². The Bertz CT molecular complexity index is 570. The van der Waals surface area contributed by atoms with E-state index in [9.17, 15) is 0 Å². The van der Waals surface area contributed by atoms with Gasteiger partial charge in [0.15, 0.2) is 5.16 Å². The van der Waals surface area contributed by atoms with Crippen LogP contribution in [0.2, 0.25) is 15.2 Å². The Hall–Kier alpha value is -0.490. The van der Waals surface area contributed by atoms with Crippen LogP contribution in [0.4, 0.5) is 0 Å². The van der Waals surface area contributed by atoms with Gasteiger partial charge >= 0.3 is 0 Å². The highest BCUT2D eigenvalue weighted by atomic mass is 35.5. The Morgan fingerprint density at radius 2 is 1.88 bits per heavy atom. The molecule has 0 fully saturated rings. The Kier molecular flexibility index (Phi) is 3.82. The summed E-state index contributed by atoms with van der Waals surface area (Å²) in [5.41, 5.74) is 0. The summed E-state index contributed by atoms with van der Waals surface area (Å²) in [7, 11) is 1.86. The second-order valence-corrected chi connectivity index (χ2v) is 5.37. The van der Waals surface area contributed by atoms with E-state index >= 15 is 0 Å². The summed E-state index contributed by atoms with van der Waals surface area (Å²) in [6, 6.07) is 1.56. The van der Waals surface area contributed by atoms with Crippen LogP contribution in [0.1, 0.15) is 5.82 Å². The lowest BCUT2D eigenvalue weighted by Gasteiger charge is -2.04. The van der Waals surface area contributed by atoms with Gasteiger partial charge in [0.2, 0.25) is 0 Å². The quantitative estimate of drug-likeness (QED) is 0.795. The minimum absolute atomic E-state index is 0.220. The van der Waals surface area contributed by atoms with Gasteiger partial charge in [-0.15, -0.1) is 10.2 Å². The molecule has 2 aromatic heterocycles. The third-order valence-corrected chi connectivity index (χ3v) is 4.21. The lowest BCUT2D eigenvalue weighted by atomic mass is 10.5. The van der Waals surface area contributed by atoms with Crippen LogP contribution in [0, 0.1) is 6.92 Å². The fraction of sp³-hybridized carbons (Fsp3) is 0.222. The maximum atomic E-state index is 6.03. The molecule has 0 saturated carbocycles. The van der Waals surface area contributed by atoms with Crippen molar-refractivity contribution < 1.29 is 0 Å². The molecular weight excluding hydrogens is 303 g/mol. The first-order valence-electron chi connectivity index (χ1n) is 4.54. The molecule has 17 heavy (non-hydrogen) atoms. The Morgan fingerprint density at radius 3 is 2.47 bits per heavy atom. The summed E-state index contributed by atoms with van der Waals surface area (Å²) in [4.78, 5) is 4.10. The van der Waals surface area contributed by atoms with Crippen molar-refractivity contribution >= 4 is 46.6 Å². The lowest BCUT2D eigenvalue weighted by Crippen LogP contribution is -1.94. The highest BCUT2D eigenvalue weighted by Crippen LogP contribution is 2.34. The molecule has 0 atom stereocenters. The van der Waals surface area contributed by atoms with Crippen molar-refractivity contribution in [3.05, 3.63) is 27.1 Å². The van der Waals surface area contributed by atoms with E-state index < -0.39 is 0 Å². The van der Waals surface area contributed by atoms with Crippen LogP contribution in [0.5, 0.6) is 0 Å². The van der Waals surface area contributed by atoms with Crippen molar-refractivity contribution in [2.45, 2.75) is 17.1 Å². The molecule has 2 aromatic rings. The fourth-order valence-corrected chi connectivity index (χ4v) is 2.54. The second-order valence-electron chi connectivity index (χ2n) is 3.24. The van der Waals surface area contributed by atoms with Crippen LogP contribution < -0.4 is 0 Å². The average Bonchev–Trinajstić information content (AvgIpc) is 2.58. The van der Waals surface area contributed by atoms with E-state index in [1.807, 2.05) is 18.5 Å². The number of pyridine rings is 1. The van der Waals surface area contributed by atoms with Crippen molar-refractivity contribution in [2.75, 3.05) is 0 Å². The van der Waals surface area contributed by atoms with E-state index in [2.05, 4.69) is 15.2 Å². The Balaban J connectivity index is 2.36. The van der Waals surface area contributed by atoms with Gasteiger partial charge in [0, 0.05) is 7.05 Å². The molecule has 90 valence electrons. The van der Waals surface area contributed by atoms with E-state index in [-0.39, 0.29) is 5.15 Å². The number of hydrogen-bond donors (Lipinski definition) is 0. The second kappa shape index (κ2) is 5.02. The predicted octanol–water partition coefficient (Wildman–Crippen LogP) is 3.63.